The molecule has 146 valence electrons. The van der Waals surface area contributed by atoms with Crippen molar-refractivity contribution in [1.82, 2.24) is 5.32 Å². The Balaban J connectivity index is 2.00. The molecule has 2 rings (SSSR count). The van der Waals surface area contributed by atoms with E-state index in [0.29, 0.717) is 17.1 Å². The van der Waals surface area contributed by atoms with Crippen LogP contribution in [0, 0.1) is 19.3 Å². The molecule has 0 atom stereocenters. The number of thiophene rings is 2. The van der Waals surface area contributed by atoms with Gasteiger partial charge in [0.1, 0.15) is 5.00 Å². The van der Waals surface area contributed by atoms with Crippen LogP contribution in [-0.4, -0.2) is 24.4 Å². The van der Waals surface area contributed by atoms with Gasteiger partial charge in [-0.2, -0.15) is 0 Å². The van der Waals surface area contributed by atoms with Gasteiger partial charge in [0.05, 0.1) is 12.1 Å². The summed E-state index contributed by atoms with van der Waals surface area (Å²) in [4.78, 5) is 38.6. The highest BCUT2D eigenvalue weighted by molar-refractivity contribution is 7.16. The van der Waals surface area contributed by atoms with Gasteiger partial charge in [0.25, 0.3) is 5.91 Å². The molecule has 6 nitrogen and oxygen atoms in total. The van der Waals surface area contributed by atoms with Crippen LogP contribution in [0.15, 0.2) is 17.5 Å². The molecule has 0 aliphatic heterocycles. The normalized spacial score (nSPS) is 11.1. The summed E-state index contributed by atoms with van der Waals surface area (Å²) in [5, 5.41) is 7.89. The minimum atomic E-state index is -0.618. The second kappa shape index (κ2) is 8.67. The van der Waals surface area contributed by atoms with Gasteiger partial charge in [0, 0.05) is 15.2 Å². The smallest absolute Gasteiger partial charge is 0.341 e. The molecule has 0 bridgehead atoms. The first-order valence-electron chi connectivity index (χ1n) is 8.47. The second-order valence-electron chi connectivity index (χ2n) is 7.12. The summed E-state index contributed by atoms with van der Waals surface area (Å²) in [5.41, 5.74) is 0.462. The molecule has 0 saturated heterocycles. The average Bonchev–Trinajstić information content (AvgIpc) is 3.19. The summed E-state index contributed by atoms with van der Waals surface area (Å²) < 4.78 is 5.17. The zero-order valence-electron chi connectivity index (χ0n) is 16.1. The Kier molecular flexibility index (Phi) is 6.78. The Bertz CT molecular complexity index is 833. The quantitative estimate of drug-likeness (QED) is 0.711. The van der Waals surface area contributed by atoms with Crippen molar-refractivity contribution < 1.29 is 19.1 Å². The molecule has 0 unspecified atom stereocenters. The van der Waals surface area contributed by atoms with Gasteiger partial charge < -0.3 is 15.4 Å². The SMILES string of the molecule is Cc1sc(NC(=O)C(C)(C)C)c(C(=O)OCC(=O)NCc2cccs2)c1C. The molecule has 0 radical (unpaired) electrons. The minimum Gasteiger partial charge on any atom is -0.452 e. The fraction of sp³-hybridized carbons (Fsp3) is 0.421. The minimum absolute atomic E-state index is 0.188. The molecule has 2 N–H and O–H groups in total. The number of nitrogens with one attached hydrogen (secondary N) is 2. The Morgan fingerprint density at radius 1 is 1.19 bits per heavy atom. The summed E-state index contributed by atoms with van der Waals surface area (Å²) in [5.74, 6) is -1.18. The maximum atomic E-state index is 12.5. The molecule has 2 amide bonds. The summed E-state index contributed by atoms with van der Waals surface area (Å²) in [6.07, 6.45) is 0. The van der Waals surface area contributed by atoms with Gasteiger partial charge >= 0.3 is 5.97 Å². The van der Waals surface area contributed by atoms with Gasteiger partial charge in [-0.3, -0.25) is 9.59 Å². The van der Waals surface area contributed by atoms with E-state index < -0.39 is 11.4 Å². The molecule has 27 heavy (non-hydrogen) atoms. The second-order valence-corrected chi connectivity index (χ2v) is 9.38. The van der Waals surface area contributed by atoms with Gasteiger partial charge in [0.15, 0.2) is 6.61 Å². The van der Waals surface area contributed by atoms with E-state index in [9.17, 15) is 14.4 Å². The largest absolute Gasteiger partial charge is 0.452 e. The van der Waals surface area contributed by atoms with Gasteiger partial charge in [0.2, 0.25) is 5.91 Å². The van der Waals surface area contributed by atoms with E-state index in [1.807, 2.05) is 24.4 Å². The molecular formula is C19H24N2O4S2. The first-order chi connectivity index (χ1) is 12.6. The number of rotatable bonds is 6. The van der Waals surface area contributed by atoms with E-state index in [4.69, 9.17) is 4.74 Å². The molecule has 2 heterocycles. The average molecular weight is 409 g/mol. The van der Waals surface area contributed by atoms with E-state index in [-0.39, 0.29) is 18.4 Å². The molecule has 0 saturated carbocycles. The molecule has 8 heteroatoms. The molecule has 2 aromatic rings. The number of anilines is 1. The van der Waals surface area contributed by atoms with Crippen molar-refractivity contribution >= 4 is 45.5 Å². The third kappa shape index (κ3) is 5.64. The standard InChI is InChI=1S/C19H24N2O4S2/c1-11-12(2)27-16(21-18(24)19(3,4)5)15(11)17(23)25-10-14(22)20-9-13-7-6-8-26-13/h6-8H,9-10H2,1-5H3,(H,20,22)(H,21,24). The highest BCUT2D eigenvalue weighted by Gasteiger charge is 2.27. The van der Waals surface area contributed by atoms with E-state index in [0.717, 1.165) is 15.3 Å². The molecule has 0 fully saturated rings. The third-order valence-electron chi connectivity index (χ3n) is 3.87. The summed E-state index contributed by atoms with van der Waals surface area (Å²) in [7, 11) is 0. The van der Waals surface area contributed by atoms with E-state index in [2.05, 4.69) is 10.6 Å². The van der Waals surface area contributed by atoms with Crippen LogP contribution in [0.25, 0.3) is 0 Å². The van der Waals surface area contributed by atoms with Crippen LogP contribution in [0.3, 0.4) is 0 Å². The Morgan fingerprint density at radius 3 is 2.48 bits per heavy atom. The Morgan fingerprint density at radius 2 is 1.89 bits per heavy atom. The van der Waals surface area contributed by atoms with Crippen molar-refractivity contribution in [3.8, 4) is 0 Å². The number of ether oxygens (including phenoxy) is 1. The van der Waals surface area contributed by atoms with Crippen LogP contribution in [0.1, 0.15) is 46.4 Å². The van der Waals surface area contributed by atoms with Gasteiger partial charge in [-0.25, -0.2) is 4.79 Å². The van der Waals surface area contributed by atoms with Crippen molar-refractivity contribution in [1.29, 1.82) is 0 Å². The van der Waals surface area contributed by atoms with Crippen LogP contribution < -0.4 is 10.6 Å². The highest BCUT2D eigenvalue weighted by atomic mass is 32.1. The first kappa shape index (κ1) is 21.1. The zero-order chi connectivity index (χ0) is 20.2. The zero-order valence-corrected chi connectivity index (χ0v) is 17.7. The number of aryl methyl sites for hydroxylation is 1. The molecule has 2 aromatic heterocycles. The van der Waals surface area contributed by atoms with Crippen molar-refractivity contribution in [3.05, 3.63) is 38.4 Å². The lowest BCUT2D eigenvalue weighted by Gasteiger charge is -2.17. The number of carbonyl (C=O) groups is 3. The predicted molar refractivity (Wildman–Crippen MR) is 108 cm³/mol. The van der Waals surface area contributed by atoms with Crippen molar-refractivity contribution in [3.63, 3.8) is 0 Å². The molecule has 0 aliphatic carbocycles. The van der Waals surface area contributed by atoms with Gasteiger partial charge in [-0.05, 0) is 30.9 Å². The summed E-state index contributed by atoms with van der Waals surface area (Å²) in [6, 6.07) is 3.82. The van der Waals surface area contributed by atoms with Gasteiger partial charge in [-0.15, -0.1) is 22.7 Å². The lowest BCUT2D eigenvalue weighted by atomic mass is 9.96. The molecular weight excluding hydrogens is 384 g/mol. The lowest BCUT2D eigenvalue weighted by Crippen LogP contribution is -2.29. The van der Waals surface area contributed by atoms with Crippen LogP contribution >= 0.6 is 22.7 Å². The number of hydrogen-bond donors (Lipinski definition) is 2. The summed E-state index contributed by atoms with van der Waals surface area (Å²) in [6.45, 7) is 9.09. The van der Waals surface area contributed by atoms with E-state index in [1.54, 1.807) is 27.7 Å². The van der Waals surface area contributed by atoms with E-state index >= 15 is 0 Å². The highest BCUT2D eigenvalue weighted by Crippen LogP contribution is 2.34. The number of carbonyl (C=O) groups excluding carboxylic acids is 3. The monoisotopic (exact) mass is 408 g/mol. The van der Waals surface area contributed by atoms with Crippen LogP contribution in [0.2, 0.25) is 0 Å². The van der Waals surface area contributed by atoms with E-state index in [1.165, 1.54) is 22.7 Å². The molecule has 0 aliphatic rings. The topological polar surface area (TPSA) is 84.5 Å². The van der Waals surface area contributed by atoms with Gasteiger partial charge in [-0.1, -0.05) is 26.8 Å². The van der Waals surface area contributed by atoms with Crippen molar-refractivity contribution in [2.45, 2.75) is 41.2 Å². The Labute approximate surface area is 166 Å². The number of amides is 2. The summed E-state index contributed by atoms with van der Waals surface area (Å²) >= 11 is 2.86. The van der Waals surface area contributed by atoms with Crippen molar-refractivity contribution in [2.75, 3.05) is 11.9 Å². The Hall–Kier alpha value is -2.19. The number of esters is 1. The maximum absolute atomic E-state index is 12.5. The number of hydrogen-bond acceptors (Lipinski definition) is 6. The van der Waals surface area contributed by atoms with Crippen LogP contribution in [0.4, 0.5) is 5.00 Å². The maximum Gasteiger partial charge on any atom is 0.341 e. The lowest BCUT2D eigenvalue weighted by molar-refractivity contribution is -0.124. The predicted octanol–water partition coefficient (Wildman–Crippen LogP) is 3.88. The molecule has 0 aromatic carbocycles. The van der Waals surface area contributed by atoms with Crippen LogP contribution in [-0.2, 0) is 20.9 Å². The fourth-order valence-corrected chi connectivity index (χ4v) is 3.79. The first-order valence-corrected chi connectivity index (χ1v) is 10.2. The molecule has 0 spiro atoms. The fourth-order valence-electron chi connectivity index (χ4n) is 2.10. The third-order valence-corrected chi connectivity index (χ3v) is 5.87. The van der Waals surface area contributed by atoms with Crippen LogP contribution in [0.5, 0.6) is 0 Å². The van der Waals surface area contributed by atoms with Crippen molar-refractivity contribution in [2.24, 2.45) is 5.41 Å².